The van der Waals surface area contributed by atoms with E-state index in [1.807, 2.05) is 0 Å². The third-order valence-corrected chi connectivity index (χ3v) is 2.24. The van der Waals surface area contributed by atoms with E-state index in [0.717, 1.165) is 25.1 Å². The standard InChI is InChI=1S/C7H13N3OS/c1-6-9-10-7(11-6)12-5-3-2-4-8/h2-5,8H2,1H3. The van der Waals surface area contributed by atoms with Crippen LogP contribution < -0.4 is 5.73 Å². The quantitative estimate of drug-likeness (QED) is 0.554. The maximum absolute atomic E-state index is 5.35. The monoisotopic (exact) mass is 187 g/mol. The molecule has 0 spiro atoms. The number of hydrogen-bond donors (Lipinski definition) is 1. The zero-order valence-electron chi connectivity index (χ0n) is 7.12. The van der Waals surface area contributed by atoms with Gasteiger partial charge in [0.2, 0.25) is 5.89 Å². The first-order valence-corrected chi connectivity index (χ1v) is 4.94. The van der Waals surface area contributed by atoms with Crippen LogP contribution in [-0.4, -0.2) is 22.5 Å². The van der Waals surface area contributed by atoms with Gasteiger partial charge in [-0.1, -0.05) is 11.8 Å². The molecule has 0 aliphatic rings. The van der Waals surface area contributed by atoms with Crippen molar-refractivity contribution < 1.29 is 4.42 Å². The van der Waals surface area contributed by atoms with Gasteiger partial charge < -0.3 is 10.2 Å². The third-order valence-electron chi connectivity index (χ3n) is 1.33. The molecule has 0 atom stereocenters. The maximum Gasteiger partial charge on any atom is 0.276 e. The second-order valence-electron chi connectivity index (χ2n) is 2.43. The van der Waals surface area contributed by atoms with Gasteiger partial charge in [0.05, 0.1) is 0 Å². The summed E-state index contributed by atoms with van der Waals surface area (Å²) >= 11 is 1.59. The van der Waals surface area contributed by atoms with Crippen molar-refractivity contribution in [3.63, 3.8) is 0 Å². The van der Waals surface area contributed by atoms with E-state index in [-0.39, 0.29) is 0 Å². The predicted molar refractivity (Wildman–Crippen MR) is 48.0 cm³/mol. The van der Waals surface area contributed by atoms with E-state index in [9.17, 15) is 0 Å². The van der Waals surface area contributed by atoms with Crippen molar-refractivity contribution in [3.05, 3.63) is 5.89 Å². The lowest BCUT2D eigenvalue weighted by atomic mass is 10.3. The molecule has 0 amide bonds. The summed E-state index contributed by atoms with van der Waals surface area (Å²) in [5.41, 5.74) is 5.35. The summed E-state index contributed by atoms with van der Waals surface area (Å²) in [5.74, 6) is 1.62. The van der Waals surface area contributed by atoms with Crippen molar-refractivity contribution in [3.8, 4) is 0 Å². The topological polar surface area (TPSA) is 64.9 Å². The van der Waals surface area contributed by atoms with Crippen molar-refractivity contribution in [2.75, 3.05) is 12.3 Å². The molecule has 0 aliphatic heterocycles. The zero-order chi connectivity index (χ0) is 8.81. The zero-order valence-corrected chi connectivity index (χ0v) is 7.93. The molecule has 1 aromatic heterocycles. The number of thioether (sulfide) groups is 1. The molecule has 0 radical (unpaired) electrons. The Kier molecular flexibility index (Phi) is 4.10. The van der Waals surface area contributed by atoms with E-state index in [4.69, 9.17) is 10.2 Å². The molecule has 0 aromatic carbocycles. The highest BCUT2D eigenvalue weighted by atomic mass is 32.2. The lowest BCUT2D eigenvalue weighted by Crippen LogP contribution is -1.98. The normalized spacial score (nSPS) is 10.5. The van der Waals surface area contributed by atoms with Crippen molar-refractivity contribution in [1.29, 1.82) is 0 Å². The van der Waals surface area contributed by atoms with Gasteiger partial charge in [-0.3, -0.25) is 0 Å². The Balaban J connectivity index is 2.15. The van der Waals surface area contributed by atoms with Gasteiger partial charge in [-0.2, -0.15) is 0 Å². The molecular formula is C7H13N3OS. The Morgan fingerprint density at radius 3 is 2.83 bits per heavy atom. The molecule has 68 valence electrons. The van der Waals surface area contributed by atoms with E-state index >= 15 is 0 Å². The third kappa shape index (κ3) is 3.23. The van der Waals surface area contributed by atoms with Gasteiger partial charge in [0.15, 0.2) is 0 Å². The molecule has 0 aliphatic carbocycles. The van der Waals surface area contributed by atoms with Crippen molar-refractivity contribution >= 4 is 11.8 Å². The van der Waals surface area contributed by atoms with Crippen LogP contribution >= 0.6 is 11.8 Å². The predicted octanol–water partition coefficient (Wildman–Crippen LogP) is 1.21. The first-order valence-electron chi connectivity index (χ1n) is 3.96. The molecule has 1 rings (SSSR count). The summed E-state index contributed by atoms with van der Waals surface area (Å²) in [7, 11) is 0. The lowest BCUT2D eigenvalue weighted by molar-refractivity contribution is 0.429. The lowest BCUT2D eigenvalue weighted by Gasteiger charge is -1.93. The van der Waals surface area contributed by atoms with Gasteiger partial charge in [0, 0.05) is 12.7 Å². The first-order chi connectivity index (χ1) is 5.83. The van der Waals surface area contributed by atoms with Crippen LogP contribution in [0, 0.1) is 6.92 Å². The van der Waals surface area contributed by atoms with Crippen molar-refractivity contribution in [2.45, 2.75) is 25.0 Å². The SMILES string of the molecule is Cc1nnc(SCCCCN)o1. The van der Waals surface area contributed by atoms with Crippen LogP contribution in [0.25, 0.3) is 0 Å². The number of nitrogens with zero attached hydrogens (tertiary/aromatic N) is 2. The molecule has 5 heteroatoms. The molecule has 1 heterocycles. The van der Waals surface area contributed by atoms with Crippen molar-refractivity contribution in [1.82, 2.24) is 10.2 Å². The molecule has 0 bridgehead atoms. The van der Waals surface area contributed by atoms with E-state index < -0.39 is 0 Å². The van der Waals surface area contributed by atoms with Crippen LogP contribution in [0.15, 0.2) is 9.64 Å². The van der Waals surface area contributed by atoms with Gasteiger partial charge in [-0.05, 0) is 19.4 Å². The summed E-state index contributed by atoms with van der Waals surface area (Å²) in [6.07, 6.45) is 2.16. The number of aryl methyl sites for hydroxylation is 1. The molecule has 12 heavy (non-hydrogen) atoms. The van der Waals surface area contributed by atoms with Gasteiger partial charge in [0.25, 0.3) is 5.22 Å². The minimum Gasteiger partial charge on any atom is -0.416 e. The van der Waals surface area contributed by atoms with Gasteiger partial charge in [0.1, 0.15) is 0 Å². The van der Waals surface area contributed by atoms with Crippen LogP contribution in [0.4, 0.5) is 0 Å². The maximum atomic E-state index is 5.35. The summed E-state index contributed by atoms with van der Waals surface area (Å²) in [6, 6.07) is 0. The second-order valence-corrected chi connectivity index (χ2v) is 3.48. The summed E-state index contributed by atoms with van der Waals surface area (Å²) in [5, 5.41) is 8.24. The molecule has 2 N–H and O–H groups in total. The van der Waals surface area contributed by atoms with Crippen molar-refractivity contribution in [2.24, 2.45) is 5.73 Å². The van der Waals surface area contributed by atoms with E-state index in [1.165, 1.54) is 0 Å². The number of rotatable bonds is 5. The highest BCUT2D eigenvalue weighted by molar-refractivity contribution is 7.99. The molecule has 0 unspecified atom stereocenters. The minimum absolute atomic E-state index is 0.622. The van der Waals surface area contributed by atoms with E-state index in [1.54, 1.807) is 18.7 Å². The Labute approximate surface area is 75.9 Å². The Bertz CT molecular complexity index is 226. The Morgan fingerprint density at radius 1 is 1.42 bits per heavy atom. The number of hydrogen-bond acceptors (Lipinski definition) is 5. The highest BCUT2D eigenvalue weighted by Gasteiger charge is 2.01. The Hall–Kier alpha value is -0.550. The van der Waals surface area contributed by atoms with Crippen LogP contribution in [-0.2, 0) is 0 Å². The fourth-order valence-electron chi connectivity index (χ4n) is 0.743. The smallest absolute Gasteiger partial charge is 0.276 e. The average Bonchev–Trinajstić information content (AvgIpc) is 2.45. The van der Waals surface area contributed by atoms with E-state index in [0.29, 0.717) is 11.1 Å². The van der Waals surface area contributed by atoms with E-state index in [2.05, 4.69) is 10.2 Å². The van der Waals surface area contributed by atoms with Crippen LogP contribution in [0.5, 0.6) is 0 Å². The largest absolute Gasteiger partial charge is 0.416 e. The fourth-order valence-corrected chi connectivity index (χ4v) is 1.54. The van der Waals surface area contributed by atoms with Gasteiger partial charge >= 0.3 is 0 Å². The average molecular weight is 187 g/mol. The van der Waals surface area contributed by atoms with Gasteiger partial charge in [-0.25, -0.2) is 0 Å². The molecule has 1 aromatic rings. The molecule has 0 fully saturated rings. The first kappa shape index (κ1) is 9.54. The summed E-state index contributed by atoms with van der Waals surface area (Å²) in [4.78, 5) is 0. The summed E-state index contributed by atoms with van der Waals surface area (Å²) in [6.45, 7) is 2.54. The molecule has 0 saturated heterocycles. The van der Waals surface area contributed by atoms with Gasteiger partial charge in [-0.15, -0.1) is 10.2 Å². The van der Waals surface area contributed by atoms with Crippen LogP contribution in [0.1, 0.15) is 18.7 Å². The highest BCUT2D eigenvalue weighted by Crippen LogP contribution is 2.16. The van der Waals surface area contributed by atoms with Crippen LogP contribution in [0.3, 0.4) is 0 Å². The Morgan fingerprint density at radius 2 is 2.25 bits per heavy atom. The summed E-state index contributed by atoms with van der Waals surface area (Å²) < 4.78 is 5.17. The number of nitrogens with two attached hydrogens (primary N) is 1. The number of unbranched alkanes of at least 4 members (excludes halogenated alkanes) is 1. The second kappa shape index (κ2) is 5.16. The number of aromatic nitrogens is 2. The van der Waals surface area contributed by atoms with Crippen LogP contribution in [0.2, 0.25) is 0 Å². The molecule has 0 saturated carbocycles. The molecular weight excluding hydrogens is 174 g/mol. The fraction of sp³-hybridized carbons (Fsp3) is 0.714. The molecule has 4 nitrogen and oxygen atoms in total. The minimum atomic E-state index is 0.622.